The second-order valence-corrected chi connectivity index (χ2v) is 16.0. The number of ether oxygens (including phenoxy) is 2. The summed E-state index contributed by atoms with van der Waals surface area (Å²) in [5.74, 6) is 0.925. The van der Waals surface area contributed by atoms with Gasteiger partial charge in [-0.05, 0) is 75.7 Å². The Balaban J connectivity index is 0.785. The Morgan fingerprint density at radius 2 is 1.62 bits per heavy atom. The molecular formula is C38H45F2N7O5S. The number of likely N-dealkylation sites (tertiary alicyclic amines) is 2. The fraction of sp³-hybridized carbons (Fsp3) is 0.526. The maximum Gasteiger partial charge on any atom is 0.332 e. The zero-order chi connectivity index (χ0) is 36.5. The normalized spacial score (nSPS) is 20.2. The van der Waals surface area contributed by atoms with Crippen LogP contribution in [0.1, 0.15) is 44.3 Å². The highest BCUT2D eigenvalue weighted by Crippen LogP contribution is 2.32. The van der Waals surface area contributed by atoms with Crippen LogP contribution in [0.2, 0.25) is 0 Å². The molecule has 0 spiro atoms. The van der Waals surface area contributed by atoms with E-state index in [1.807, 2.05) is 4.90 Å². The maximum atomic E-state index is 15.0. The number of benzene rings is 2. The number of fused-ring (bicyclic) bond motifs is 1. The first-order valence-corrected chi connectivity index (χ1v) is 19.7. The molecule has 4 aliphatic heterocycles. The van der Waals surface area contributed by atoms with Crippen molar-refractivity contribution >= 4 is 28.4 Å². The van der Waals surface area contributed by atoms with Crippen LogP contribution in [0.25, 0.3) is 16.6 Å². The van der Waals surface area contributed by atoms with Crippen LogP contribution in [0.4, 0.5) is 14.5 Å². The summed E-state index contributed by atoms with van der Waals surface area (Å²) < 4.78 is 42.8. The number of rotatable bonds is 10. The van der Waals surface area contributed by atoms with Crippen LogP contribution in [-0.2, 0) is 10.5 Å². The summed E-state index contributed by atoms with van der Waals surface area (Å²) in [7, 11) is 0. The first-order valence-electron chi connectivity index (χ1n) is 18.7. The number of aromatic nitrogens is 4. The summed E-state index contributed by atoms with van der Waals surface area (Å²) in [5.41, 5.74) is -0.195. The topological polar surface area (TPSA) is 129 Å². The molecule has 12 nitrogen and oxygen atoms in total. The van der Waals surface area contributed by atoms with Crippen molar-refractivity contribution in [2.24, 2.45) is 5.92 Å². The molecule has 0 bridgehead atoms. The highest BCUT2D eigenvalue weighted by Gasteiger charge is 2.38. The third kappa shape index (κ3) is 8.08. The van der Waals surface area contributed by atoms with Crippen LogP contribution in [0, 0.1) is 17.6 Å². The van der Waals surface area contributed by atoms with Crippen LogP contribution < -0.4 is 26.4 Å². The van der Waals surface area contributed by atoms with Gasteiger partial charge in [-0.15, -0.1) is 0 Å². The van der Waals surface area contributed by atoms with Crippen molar-refractivity contribution in [3.63, 3.8) is 0 Å². The highest BCUT2D eigenvalue weighted by atomic mass is 32.2. The fourth-order valence-electron chi connectivity index (χ4n) is 8.14. The standard InChI is InChI=1S/C38H45F2N7O5S/c39-30-2-1-26(47-14-7-35(48)43-38(47)50)17-33(30)45-12-5-25(6-13-45)46-20-27(21-46)44-10-3-24(4-11-44)22-52-28-18-31(40)36-32(19-28)41-34(42-37(36)49)23-53-29-8-15-51-16-9-29/h1-2,7,14,17-19,24-25,27,29H,3-6,8-13,15-16,20-23H2,(H,41,42,49)(H,43,48,50). The molecule has 2 aromatic carbocycles. The van der Waals surface area contributed by atoms with Gasteiger partial charge in [-0.25, -0.2) is 18.6 Å². The summed E-state index contributed by atoms with van der Waals surface area (Å²) in [6.07, 6.45) is 7.24. The Morgan fingerprint density at radius 1 is 0.849 bits per heavy atom. The van der Waals surface area contributed by atoms with Gasteiger partial charge in [0.25, 0.3) is 11.1 Å². The van der Waals surface area contributed by atoms with Crippen LogP contribution in [0.5, 0.6) is 5.75 Å². The molecule has 0 saturated carbocycles. The number of anilines is 1. The van der Waals surface area contributed by atoms with Crippen LogP contribution in [-0.4, -0.2) is 106 Å². The number of piperidine rings is 2. The molecule has 4 saturated heterocycles. The Labute approximate surface area is 309 Å². The van der Waals surface area contributed by atoms with Crippen LogP contribution in [0.15, 0.2) is 57.0 Å². The molecule has 4 aromatic rings. The van der Waals surface area contributed by atoms with Gasteiger partial charge in [0.2, 0.25) is 0 Å². The van der Waals surface area contributed by atoms with Gasteiger partial charge >= 0.3 is 5.69 Å². The van der Waals surface area contributed by atoms with E-state index in [4.69, 9.17) is 9.47 Å². The SMILES string of the molecule is O=c1ccn(-c2ccc(F)c(N3CCC(N4CC(N5CCC(COc6cc(F)c7c(=O)[nH]c(CSC8CCOCC8)nc7c6)CC5)C4)CC3)c2)c(=O)[nH]1. The van der Waals surface area contributed by atoms with E-state index in [0.717, 1.165) is 91.0 Å². The molecule has 6 heterocycles. The lowest BCUT2D eigenvalue weighted by atomic mass is 9.92. The minimum atomic E-state index is -0.619. The molecule has 0 atom stereocenters. The molecule has 0 unspecified atom stereocenters. The van der Waals surface area contributed by atoms with Crippen molar-refractivity contribution in [2.75, 3.05) is 64.0 Å². The van der Waals surface area contributed by atoms with Gasteiger partial charge in [0.15, 0.2) is 0 Å². The van der Waals surface area contributed by atoms with Gasteiger partial charge in [-0.3, -0.25) is 28.9 Å². The predicted molar refractivity (Wildman–Crippen MR) is 200 cm³/mol. The molecule has 4 fully saturated rings. The van der Waals surface area contributed by atoms with Gasteiger partial charge in [0, 0.05) is 81.1 Å². The molecule has 0 aliphatic carbocycles. The predicted octanol–water partition coefficient (Wildman–Crippen LogP) is 3.90. The molecule has 15 heteroatoms. The lowest BCUT2D eigenvalue weighted by Crippen LogP contribution is -2.64. The molecule has 8 rings (SSSR count). The van der Waals surface area contributed by atoms with E-state index >= 15 is 4.39 Å². The number of halogens is 2. The van der Waals surface area contributed by atoms with Crippen molar-refractivity contribution in [3.8, 4) is 11.4 Å². The summed E-state index contributed by atoms with van der Waals surface area (Å²) in [6.45, 7) is 7.50. The largest absolute Gasteiger partial charge is 0.493 e. The van der Waals surface area contributed by atoms with Crippen molar-refractivity contribution in [1.82, 2.24) is 29.3 Å². The van der Waals surface area contributed by atoms with Gasteiger partial charge in [-0.2, -0.15) is 11.8 Å². The zero-order valence-corrected chi connectivity index (χ0v) is 30.4. The van der Waals surface area contributed by atoms with Gasteiger partial charge in [0.1, 0.15) is 28.6 Å². The molecule has 0 amide bonds. The third-order valence-electron chi connectivity index (χ3n) is 11.3. The summed E-state index contributed by atoms with van der Waals surface area (Å²) in [4.78, 5) is 53.2. The minimum Gasteiger partial charge on any atom is -0.493 e. The van der Waals surface area contributed by atoms with E-state index in [-0.39, 0.29) is 11.2 Å². The molecule has 0 radical (unpaired) electrons. The van der Waals surface area contributed by atoms with Crippen molar-refractivity contribution in [2.45, 2.75) is 61.6 Å². The Bertz CT molecular complexity index is 2100. The van der Waals surface area contributed by atoms with Gasteiger partial charge < -0.3 is 19.4 Å². The number of hydrogen-bond acceptors (Lipinski definition) is 10. The average Bonchev–Trinajstić information content (AvgIpc) is 3.14. The first kappa shape index (κ1) is 36.0. The molecule has 4 aliphatic rings. The quantitative estimate of drug-likeness (QED) is 0.247. The van der Waals surface area contributed by atoms with Gasteiger partial charge in [0.05, 0.1) is 29.3 Å². The number of H-pyrrole nitrogens is 2. The van der Waals surface area contributed by atoms with E-state index in [2.05, 4.69) is 24.8 Å². The second kappa shape index (κ2) is 15.7. The highest BCUT2D eigenvalue weighted by molar-refractivity contribution is 7.99. The Morgan fingerprint density at radius 3 is 2.38 bits per heavy atom. The first-order chi connectivity index (χ1) is 25.8. The molecular weight excluding hydrogens is 705 g/mol. The summed E-state index contributed by atoms with van der Waals surface area (Å²) in [5, 5.41) is 0.430. The van der Waals surface area contributed by atoms with E-state index in [0.29, 0.717) is 64.1 Å². The Hall–Kier alpha value is -4.05. The van der Waals surface area contributed by atoms with E-state index in [1.165, 1.54) is 29.0 Å². The number of hydrogen-bond donors (Lipinski definition) is 2. The van der Waals surface area contributed by atoms with Crippen molar-refractivity contribution < 1.29 is 18.3 Å². The zero-order valence-electron chi connectivity index (χ0n) is 29.6. The smallest absolute Gasteiger partial charge is 0.332 e. The molecule has 2 N–H and O–H groups in total. The average molecular weight is 750 g/mol. The number of nitrogens with one attached hydrogen (secondary N) is 2. The lowest BCUT2D eigenvalue weighted by molar-refractivity contribution is -0.0181. The summed E-state index contributed by atoms with van der Waals surface area (Å²) >= 11 is 1.75. The van der Waals surface area contributed by atoms with Crippen LogP contribution in [0.3, 0.4) is 0 Å². The second-order valence-electron chi connectivity index (χ2n) is 14.7. The monoisotopic (exact) mass is 749 g/mol. The fourth-order valence-corrected chi connectivity index (χ4v) is 9.20. The van der Waals surface area contributed by atoms with Crippen LogP contribution >= 0.6 is 11.8 Å². The Kier molecular flexibility index (Phi) is 10.7. The maximum absolute atomic E-state index is 15.0. The minimum absolute atomic E-state index is 0.0347. The van der Waals surface area contributed by atoms with Gasteiger partial charge in [-0.1, -0.05) is 0 Å². The van der Waals surface area contributed by atoms with E-state index in [9.17, 15) is 18.8 Å². The van der Waals surface area contributed by atoms with E-state index in [1.54, 1.807) is 30.0 Å². The molecule has 53 heavy (non-hydrogen) atoms. The van der Waals surface area contributed by atoms with Crippen molar-refractivity contribution in [3.05, 3.63) is 91.2 Å². The number of nitrogens with zero attached hydrogens (tertiary/aromatic N) is 5. The van der Waals surface area contributed by atoms with Crippen molar-refractivity contribution in [1.29, 1.82) is 0 Å². The molecule has 2 aromatic heterocycles. The molecule has 282 valence electrons. The van der Waals surface area contributed by atoms with E-state index < -0.39 is 22.6 Å². The third-order valence-corrected chi connectivity index (χ3v) is 12.7. The number of thioether (sulfide) groups is 1. The number of aromatic amines is 2. The lowest BCUT2D eigenvalue weighted by Gasteiger charge is -2.52. The summed E-state index contributed by atoms with van der Waals surface area (Å²) in [6, 6.07) is 9.82.